The van der Waals surface area contributed by atoms with Gasteiger partial charge in [0.1, 0.15) is 11.3 Å². The molecule has 2 aliphatic rings. The maximum atomic E-state index is 13.3. The molecule has 1 aliphatic heterocycles. The molecule has 3 amide bonds. The standard InChI is InChI=1S/C23H24N2O4/c1-3-29-20-9-8-17(15(2)26)12-19(20)14-25-21(27)23(24-22(25)28)11-10-16-6-4-5-7-18(16)13-23/h4-9,12H,3,10-11,13-14H2,1-2H3,(H,24,28). The summed E-state index contributed by atoms with van der Waals surface area (Å²) in [6.45, 7) is 3.88. The van der Waals surface area contributed by atoms with Crippen LogP contribution in [0.4, 0.5) is 4.79 Å². The maximum Gasteiger partial charge on any atom is 0.325 e. The first-order valence-corrected chi connectivity index (χ1v) is 9.91. The smallest absolute Gasteiger partial charge is 0.325 e. The van der Waals surface area contributed by atoms with Gasteiger partial charge >= 0.3 is 6.03 Å². The topological polar surface area (TPSA) is 75.7 Å². The Morgan fingerprint density at radius 3 is 2.66 bits per heavy atom. The third-order valence-electron chi connectivity index (χ3n) is 5.77. The first-order chi connectivity index (χ1) is 13.9. The summed E-state index contributed by atoms with van der Waals surface area (Å²) < 4.78 is 5.66. The number of nitrogens with zero attached hydrogens (tertiary/aromatic N) is 1. The van der Waals surface area contributed by atoms with E-state index in [4.69, 9.17) is 4.74 Å². The van der Waals surface area contributed by atoms with Gasteiger partial charge in [-0.3, -0.25) is 14.5 Å². The highest BCUT2D eigenvalue weighted by Gasteiger charge is 2.52. The van der Waals surface area contributed by atoms with Crippen LogP contribution < -0.4 is 10.1 Å². The van der Waals surface area contributed by atoms with E-state index < -0.39 is 11.6 Å². The molecule has 6 heteroatoms. The molecule has 29 heavy (non-hydrogen) atoms. The molecular weight excluding hydrogens is 368 g/mol. The first-order valence-electron chi connectivity index (χ1n) is 9.91. The Morgan fingerprint density at radius 1 is 1.17 bits per heavy atom. The Morgan fingerprint density at radius 2 is 1.93 bits per heavy atom. The highest BCUT2D eigenvalue weighted by atomic mass is 16.5. The number of fused-ring (bicyclic) bond motifs is 1. The number of imide groups is 1. The van der Waals surface area contributed by atoms with Crippen molar-refractivity contribution in [2.45, 2.75) is 45.2 Å². The van der Waals surface area contributed by atoms with E-state index in [9.17, 15) is 14.4 Å². The van der Waals surface area contributed by atoms with E-state index in [1.54, 1.807) is 18.2 Å². The van der Waals surface area contributed by atoms with E-state index in [0.717, 1.165) is 12.0 Å². The van der Waals surface area contributed by atoms with Gasteiger partial charge in [-0.05, 0) is 56.0 Å². The second-order valence-electron chi connectivity index (χ2n) is 7.66. The van der Waals surface area contributed by atoms with Crippen LogP contribution in [0.2, 0.25) is 0 Å². The van der Waals surface area contributed by atoms with Crippen molar-refractivity contribution in [2.24, 2.45) is 0 Å². The van der Waals surface area contributed by atoms with Crippen LogP contribution in [-0.4, -0.2) is 34.8 Å². The normalized spacial score (nSPS) is 20.6. The van der Waals surface area contributed by atoms with Crippen molar-refractivity contribution in [1.82, 2.24) is 10.2 Å². The minimum Gasteiger partial charge on any atom is -0.494 e. The van der Waals surface area contributed by atoms with Crippen LogP contribution in [0.15, 0.2) is 42.5 Å². The minimum absolute atomic E-state index is 0.0739. The Hall–Kier alpha value is -3.15. The van der Waals surface area contributed by atoms with Crippen LogP contribution in [0.1, 0.15) is 47.3 Å². The van der Waals surface area contributed by atoms with Gasteiger partial charge in [-0.1, -0.05) is 24.3 Å². The summed E-state index contributed by atoms with van der Waals surface area (Å²) in [4.78, 5) is 39.1. The number of aryl methyl sites for hydroxylation is 1. The van der Waals surface area contributed by atoms with Crippen LogP contribution >= 0.6 is 0 Å². The number of hydrogen-bond acceptors (Lipinski definition) is 4. The van der Waals surface area contributed by atoms with Crippen molar-refractivity contribution in [3.05, 3.63) is 64.7 Å². The van der Waals surface area contributed by atoms with Crippen molar-refractivity contribution in [2.75, 3.05) is 6.61 Å². The molecular formula is C23H24N2O4. The van der Waals surface area contributed by atoms with E-state index in [1.165, 1.54) is 17.4 Å². The average Bonchev–Trinajstić information content (AvgIpc) is 2.93. The lowest BCUT2D eigenvalue weighted by atomic mass is 9.78. The summed E-state index contributed by atoms with van der Waals surface area (Å²) in [5.41, 5.74) is 2.61. The van der Waals surface area contributed by atoms with Gasteiger partial charge in [-0.25, -0.2) is 4.79 Å². The molecule has 6 nitrogen and oxygen atoms in total. The predicted octanol–water partition coefficient (Wildman–Crippen LogP) is 3.27. The Labute approximate surface area is 169 Å². The summed E-state index contributed by atoms with van der Waals surface area (Å²) in [7, 11) is 0. The molecule has 1 spiro atoms. The average molecular weight is 392 g/mol. The molecule has 2 aromatic carbocycles. The molecule has 1 unspecified atom stereocenters. The van der Waals surface area contributed by atoms with Crippen molar-refractivity contribution in [1.29, 1.82) is 0 Å². The molecule has 1 saturated heterocycles. The highest BCUT2D eigenvalue weighted by Crippen LogP contribution is 2.35. The molecule has 1 aliphatic carbocycles. The van der Waals surface area contributed by atoms with Gasteiger partial charge in [0.2, 0.25) is 0 Å². The molecule has 4 rings (SSSR count). The van der Waals surface area contributed by atoms with Gasteiger partial charge < -0.3 is 10.1 Å². The van der Waals surface area contributed by atoms with E-state index in [1.807, 2.05) is 25.1 Å². The summed E-state index contributed by atoms with van der Waals surface area (Å²) in [6.07, 6.45) is 1.83. The molecule has 0 radical (unpaired) electrons. The van der Waals surface area contributed by atoms with Crippen LogP contribution in [0.3, 0.4) is 0 Å². The fourth-order valence-electron chi connectivity index (χ4n) is 4.23. The SMILES string of the molecule is CCOc1ccc(C(C)=O)cc1CN1C(=O)NC2(CCc3ccccc3C2)C1=O. The summed E-state index contributed by atoms with van der Waals surface area (Å²) >= 11 is 0. The Balaban J connectivity index is 1.62. The molecule has 1 N–H and O–H groups in total. The number of ketones is 1. The third kappa shape index (κ3) is 3.39. The van der Waals surface area contributed by atoms with Gasteiger partial charge in [-0.15, -0.1) is 0 Å². The Kier molecular flexibility index (Phi) is 4.86. The number of amides is 3. The zero-order chi connectivity index (χ0) is 20.6. The zero-order valence-corrected chi connectivity index (χ0v) is 16.7. The van der Waals surface area contributed by atoms with Crippen molar-refractivity contribution in [3.63, 3.8) is 0 Å². The molecule has 1 heterocycles. The fourth-order valence-corrected chi connectivity index (χ4v) is 4.23. The zero-order valence-electron chi connectivity index (χ0n) is 16.7. The van der Waals surface area contributed by atoms with Crippen LogP contribution in [0.25, 0.3) is 0 Å². The highest BCUT2D eigenvalue weighted by molar-refractivity contribution is 6.07. The number of ether oxygens (including phenoxy) is 1. The van der Waals surface area contributed by atoms with Gasteiger partial charge in [0.05, 0.1) is 13.2 Å². The summed E-state index contributed by atoms with van der Waals surface area (Å²) in [5.74, 6) is 0.285. The lowest BCUT2D eigenvalue weighted by Crippen LogP contribution is -2.51. The number of benzene rings is 2. The number of urea groups is 1. The number of nitrogens with one attached hydrogen (secondary N) is 1. The van der Waals surface area contributed by atoms with E-state index in [0.29, 0.717) is 36.3 Å². The van der Waals surface area contributed by atoms with E-state index in [2.05, 4.69) is 11.4 Å². The van der Waals surface area contributed by atoms with Crippen molar-refractivity contribution >= 4 is 17.7 Å². The van der Waals surface area contributed by atoms with Crippen LogP contribution in [0, 0.1) is 0 Å². The molecule has 0 aromatic heterocycles. The van der Waals surface area contributed by atoms with Gasteiger partial charge in [0.15, 0.2) is 5.78 Å². The molecule has 0 bridgehead atoms. The van der Waals surface area contributed by atoms with Gasteiger partial charge in [0.25, 0.3) is 5.91 Å². The monoisotopic (exact) mass is 392 g/mol. The van der Waals surface area contributed by atoms with Gasteiger partial charge in [-0.2, -0.15) is 0 Å². The van der Waals surface area contributed by atoms with E-state index in [-0.39, 0.29) is 18.2 Å². The lowest BCUT2D eigenvalue weighted by Gasteiger charge is -2.32. The lowest BCUT2D eigenvalue weighted by molar-refractivity contribution is -0.132. The van der Waals surface area contributed by atoms with Gasteiger partial charge in [0, 0.05) is 17.5 Å². The van der Waals surface area contributed by atoms with Crippen LogP contribution in [-0.2, 0) is 24.2 Å². The number of carbonyl (C=O) groups is 3. The summed E-state index contributed by atoms with van der Waals surface area (Å²) in [5, 5.41) is 2.95. The quantitative estimate of drug-likeness (QED) is 0.626. The summed E-state index contributed by atoms with van der Waals surface area (Å²) in [6, 6.07) is 12.8. The number of Topliss-reactive ketones (excluding diaryl/α,β-unsaturated/α-hetero) is 1. The molecule has 0 saturated carbocycles. The molecule has 1 atom stereocenters. The number of hydrogen-bond donors (Lipinski definition) is 1. The van der Waals surface area contributed by atoms with Crippen molar-refractivity contribution in [3.8, 4) is 5.75 Å². The molecule has 2 aromatic rings. The first kappa shape index (κ1) is 19.2. The second kappa shape index (κ2) is 7.35. The largest absolute Gasteiger partial charge is 0.494 e. The fraction of sp³-hybridized carbons (Fsp3) is 0.348. The number of rotatable bonds is 5. The predicted molar refractivity (Wildman–Crippen MR) is 108 cm³/mol. The molecule has 1 fully saturated rings. The molecule has 150 valence electrons. The Bertz CT molecular complexity index is 1000. The third-order valence-corrected chi connectivity index (χ3v) is 5.77. The maximum absolute atomic E-state index is 13.3. The van der Waals surface area contributed by atoms with Crippen molar-refractivity contribution < 1.29 is 19.1 Å². The van der Waals surface area contributed by atoms with E-state index >= 15 is 0 Å². The second-order valence-corrected chi connectivity index (χ2v) is 7.66. The minimum atomic E-state index is -0.893. The van der Waals surface area contributed by atoms with Crippen LogP contribution in [0.5, 0.6) is 5.75 Å². The number of carbonyl (C=O) groups excluding carboxylic acids is 3.